The van der Waals surface area contributed by atoms with Crippen molar-refractivity contribution in [1.82, 2.24) is 20.0 Å². The zero-order valence-electron chi connectivity index (χ0n) is 18.2. The van der Waals surface area contributed by atoms with Crippen LogP contribution < -0.4 is 9.64 Å². The predicted octanol–water partition coefficient (Wildman–Crippen LogP) is 2.56. The molecule has 4 rings (SSSR count). The molecule has 164 valence electrons. The highest BCUT2D eigenvalue weighted by molar-refractivity contribution is 5.80. The number of amides is 1. The lowest BCUT2D eigenvalue weighted by atomic mass is 9.96. The Morgan fingerprint density at radius 3 is 2.58 bits per heavy atom. The lowest BCUT2D eigenvalue weighted by Crippen LogP contribution is -2.52. The number of hydrogen-bond acceptors (Lipinski definition) is 6. The average molecular weight is 422 g/mol. The number of piperazine rings is 1. The highest BCUT2D eigenvalue weighted by Crippen LogP contribution is 2.24. The topological polar surface area (TPSA) is 61.8 Å². The first-order chi connectivity index (χ1) is 15.2. The van der Waals surface area contributed by atoms with Crippen molar-refractivity contribution in [1.29, 1.82) is 0 Å². The van der Waals surface area contributed by atoms with Gasteiger partial charge in [-0.25, -0.2) is 0 Å². The first-order valence-corrected chi connectivity index (χ1v) is 11.1. The predicted molar refractivity (Wildman–Crippen MR) is 122 cm³/mol. The highest BCUT2D eigenvalue weighted by Gasteiger charge is 2.31. The van der Waals surface area contributed by atoms with Crippen molar-refractivity contribution in [3.05, 3.63) is 54.1 Å². The van der Waals surface area contributed by atoms with E-state index in [4.69, 9.17) is 4.74 Å². The van der Waals surface area contributed by atoms with Crippen LogP contribution in [-0.4, -0.2) is 78.8 Å². The van der Waals surface area contributed by atoms with Gasteiger partial charge in [-0.1, -0.05) is 42.5 Å². The van der Waals surface area contributed by atoms with Gasteiger partial charge in [0.05, 0.1) is 13.0 Å². The van der Waals surface area contributed by atoms with Gasteiger partial charge < -0.3 is 14.5 Å². The van der Waals surface area contributed by atoms with E-state index in [-0.39, 0.29) is 11.8 Å². The number of nitrogens with zero attached hydrogens (tertiary/aromatic N) is 5. The van der Waals surface area contributed by atoms with Crippen LogP contribution in [0.15, 0.2) is 48.5 Å². The van der Waals surface area contributed by atoms with E-state index < -0.39 is 0 Å². The summed E-state index contributed by atoms with van der Waals surface area (Å²) in [7, 11) is 1.58. The number of carbonyl (C=O) groups is 1. The Morgan fingerprint density at radius 1 is 1.06 bits per heavy atom. The number of rotatable bonds is 6. The Morgan fingerprint density at radius 2 is 1.87 bits per heavy atom. The molecule has 2 aliphatic heterocycles. The average Bonchev–Trinajstić information content (AvgIpc) is 2.85. The maximum atomic E-state index is 13.1. The fourth-order valence-electron chi connectivity index (χ4n) is 4.29. The molecular formula is C24H31N5O2. The summed E-state index contributed by atoms with van der Waals surface area (Å²) in [5, 5.41) is 8.32. The Hall–Kier alpha value is -2.93. The van der Waals surface area contributed by atoms with E-state index >= 15 is 0 Å². The van der Waals surface area contributed by atoms with Crippen molar-refractivity contribution in [3.63, 3.8) is 0 Å². The van der Waals surface area contributed by atoms with E-state index in [0.717, 1.165) is 57.9 Å². The summed E-state index contributed by atoms with van der Waals surface area (Å²) in [6, 6.07) is 14.1. The molecule has 0 N–H and O–H groups in total. The first-order valence-electron chi connectivity index (χ1n) is 11.1. The van der Waals surface area contributed by atoms with Gasteiger partial charge in [-0.2, -0.15) is 0 Å². The Kier molecular flexibility index (Phi) is 7.14. The molecule has 31 heavy (non-hydrogen) atoms. The van der Waals surface area contributed by atoms with E-state index in [1.54, 1.807) is 7.11 Å². The molecule has 0 radical (unpaired) electrons. The van der Waals surface area contributed by atoms with Crippen LogP contribution in [0.25, 0.3) is 6.08 Å². The van der Waals surface area contributed by atoms with Crippen molar-refractivity contribution in [3.8, 4) is 5.88 Å². The van der Waals surface area contributed by atoms with E-state index in [9.17, 15) is 4.79 Å². The van der Waals surface area contributed by atoms with Crippen molar-refractivity contribution >= 4 is 17.8 Å². The minimum atomic E-state index is 0.0298. The molecule has 0 saturated carbocycles. The SMILES string of the molecule is COc1ccc(N2CCCC(C(=O)N3CCN(CC=Cc4ccccc4)CC3)C2)nn1. The van der Waals surface area contributed by atoms with Gasteiger partial charge in [0.2, 0.25) is 11.8 Å². The minimum Gasteiger partial charge on any atom is -0.480 e. The van der Waals surface area contributed by atoms with Crippen LogP contribution in [0.2, 0.25) is 0 Å². The second-order valence-electron chi connectivity index (χ2n) is 8.16. The monoisotopic (exact) mass is 421 g/mol. The van der Waals surface area contributed by atoms with Crippen LogP contribution in [0, 0.1) is 5.92 Å². The second kappa shape index (κ2) is 10.4. The van der Waals surface area contributed by atoms with E-state index in [2.05, 4.69) is 56.4 Å². The molecule has 1 aromatic carbocycles. The third-order valence-electron chi connectivity index (χ3n) is 6.09. The van der Waals surface area contributed by atoms with Gasteiger partial charge in [0.25, 0.3) is 0 Å². The third kappa shape index (κ3) is 5.61. The molecule has 1 atom stereocenters. The van der Waals surface area contributed by atoms with Crippen LogP contribution in [0.1, 0.15) is 18.4 Å². The zero-order valence-corrected chi connectivity index (χ0v) is 18.2. The number of anilines is 1. The molecule has 7 nitrogen and oxygen atoms in total. The van der Waals surface area contributed by atoms with Crippen LogP contribution in [0.5, 0.6) is 5.88 Å². The molecule has 2 fully saturated rings. The summed E-state index contributed by atoms with van der Waals surface area (Å²) in [5.74, 6) is 1.63. The summed E-state index contributed by atoms with van der Waals surface area (Å²) in [6.07, 6.45) is 6.31. The molecule has 7 heteroatoms. The molecule has 0 spiro atoms. The maximum absolute atomic E-state index is 13.1. The fraction of sp³-hybridized carbons (Fsp3) is 0.458. The molecule has 2 saturated heterocycles. The van der Waals surface area contributed by atoms with Crippen LogP contribution in [0.3, 0.4) is 0 Å². The van der Waals surface area contributed by atoms with E-state index in [0.29, 0.717) is 12.4 Å². The maximum Gasteiger partial charge on any atom is 0.233 e. The number of piperidine rings is 1. The van der Waals surface area contributed by atoms with Gasteiger partial charge in [0.1, 0.15) is 0 Å². The van der Waals surface area contributed by atoms with Crippen molar-refractivity contribution < 1.29 is 9.53 Å². The smallest absolute Gasteiger partial charge is 0.233 e. The molecule has 2 aliphatic rings. The second-order valence-corrected chi connectivity index (χ2v) is 8.16. The molecule has 1 aromatic heterocycles. The quantitative estimate of drug-likeness (QED) is 0.714. The molecule has 0 bridgehead atoms. The normalized spacial score (nSPS) is 20.2. The van der Waals surface area contributed by atoms with Gasteiger partial charge in [-0.05, 0) is 24.5 Å². The first kappa shape index (κ1) is 21.3. The fourth-order valence-corrected chi connectivity index (χ4v) is 4.29. The molecule has 3 heterocycles. The van der Waals surface area contributed by atoms with Gasteiger partial charge in [0, 0.05) is 51.9 Å². The Labute approximate surface area is 184 Å². The molecule has 0 aliphatic carbocycles. The van der Waals surface area contributed by atoms with Gasteiger partial charge in [-0.15, -0.1) is 10.2 Å². The molecule has 1 amide bonds. The summed E-state index contributed by atoms with van der Waals surface area (Å²) < 4.78 is 5.09. The number of methoxy groups -OCH3 is 1. The number of benzene rings is 1. The van der Waals surface area contributed by atoms with Crippen LogP contribution in [0.4, 0.5) is 5.82 Å². The summed E-state index contributed by atoms with van der Waals surface area (Å²) in [5.41, 5.74) is 1.22. The standard InChI is InChI=1S/C24H31N5O2/c1-31-23-12-11-22(25-26-23)29-14-6-10-21(19-29)24(30)28-17-15-27(16-18-28)13-5-9-20-7-3-2-4-8-20/h2-5,7-9,11-12,21H,6,10,13-19H2,1H3. The zero-order chi connectivity index (χ0) is 21.5. The Bertz CT molecular complexity index is 863. The van der Waals surface area contributed by atoms with Crippen molar-refractivity contribution in [2.45, 2.75) is 12.8 Å². The van der Waals surface area contributed by atoms with Crippen molar-refractivity contribution in [2.24, 2.45) is 5.92 Å². The molecular weight excluding hydrogens is 390 g/mol. The molecule has 1 unspecified atom stereocenters. The van der Waals surface area contributed by atoms with Gasteiger partial charge >= 0.3 is 0 Å². The lowest BCUT2D eigenvalue weighted by molar-refractivity contribution is -0.137. The number of aromatic nitrogens is 2. The van der Waals surface area contributed by atoms with E-state index in [1.807, 2.05) is 23.1 Å². The number of carbonyl (C=O) groups excluding carboxylic acids is 1. The summed E-state index contributed by atoms with van der Waals surface area (Å²) >= 11 is 0. The van der Waals surface area contributed by atoms with Gasteiger partial charge in [0.15, 0.2) is 5.82 Å². The summed E-state index contributed by atoms with van der Waals surface area (Å²) in [6.45, 7) is 5.99. The highest BCUT2D eigenvalue weighted by atomic mass is 16.5. The lowest BCUT2D eigenvalue weighted by Gasteiger charge is -2.39. The third-order valence-corrected chi connectivity index (χ3v) is 6.09. The van der Waals surface area contributed by atoms with Crippen molar-refractivity contribution in [2.75, 3.05) is 57.8 Å². The van der Waals surface area contributed by atoms with E-state index in [1.165, 1.54) is 5.56 Å². The summed E-state index contributed by atoms with van der Waals surface area (Å²) in [4.78, 5) is 19.8. The van der Waals surface area contributed by atoms with Crippen LogP contribution in [-0.2, 0) is 4.79 Å². The van der Waals surface area contributed by atoms with Crippen LogP contribution >= 0.6 is 0 Å². The number of hydrogen-bond donors (Lipinski definition) is 0. The Balaban J connectivity index is 1.25. The number of ether oxygens (including phenoxy) is 1. The molecule has 2 aromatic rings. The van der Waals surface area contributed by atoms with Gasteiger partial charge in [-0.3, -0.25) is 9.69 Å². The minimum absolute atomic E-state index is 0.0298. The largest absolute Gasteiger partial charge is 0.480 e.